The van der Waals surface area contributed by atoms with Crippen LogP contribution in [0.3, 0.4) is 0 Å². The van der Waals surface area contributed by atoms with Gasteiger partial charge in [0, 0.05) is 12.1 Å². The Morgan fingerprint density at radius 1 is 1.56 bits per heavy atom. The maximum atomic E-state index is 13.2. The largest absolute Gasteiger partial charge is 0.494 e. The number of carbonyl (C=O) groups excluding carboxylic acids is 1. The Labute approximate surface area is 106 Å². The molecule has 0 aliphatic carbocycles. The molecule has 0 aliphatic heterocycles. The third kappa shape index (κ3) is 3.20. The Morgan fingerprint density at radius 2 is 2.28 bits per heavy atom. The van der Waals surface area contributed by atoms with Crippen LogP contribution in [0.25, 0.3) is 0 Å². The first kappa shape index (κ1) is 14.0. The van der Waals surface area contributed by atoms with Crippen molar-refractivity contribution in [3.8, 4) is 11.8 Å². The van der Waals surface area contributed by atoms with E-state index in [4.69, 9.17) is 10.00 Å². The minimum atomic E-state index is -0.517. The molecule has 0 unspecified atom stereocenters. The number of rotatable bonds is 5. The van der Waals surface area contributed by atoms with Crippen LogP contribution in [0.15, 0.2) is 18.2 Å². The Balaban J connectivity index is 2.98. The number of nitriles is 1. The second-order valence-electron chi connectivity index (χ2n) is 3.73. The van der Waals surface area contributed by atoms with Crippen LogP contribution in [0.1, 0.15) is 23.7 Å². The molecule has 1 aromatic carbocycles. The number of methoxy groups -OCH3 is 1. The highest BCUT2D eigenvalue weighted by atomic mass is 19.1. The molecule has 1 rings (SSSR count). The van der Waals surface area contributed by atoms with E-state index in [9.17, 15) is 9.18 Å². The van der Waals surface area contributed by atoms with Crippen LogP contribution in [0.5, 0.6) is 5.75 Å². The zero-order valence-corrected chi connectivity index (χ0v) is 10.4. The number of halogens is 1. The molecule has 0 bridgehead atoms. The lowest BCUT2D eigenvalue weighted by Gasteiger charge is -2.19. The molecule has 0 spiro atoms. The van der Waals surface area contributed by atoms with Crippen molar-refractivity contribution >= 4 is 5.91 Å². The number of amides is 1. The number of benzene rings is 1. The molecule has 1 amide bonds. The molecule has 96 valence electrons. The fourth-order valence-electron chi connectivity index (χ4n) is 1.58. The summed E-state index contributed by atoms with van der Waals surface area (Å²) in [5.41, 5.74) is 0.317. The molecule has 1 aromatic rings. The Kier molecular flexibility index (Phi) is 5.12. The number of carbonyl (C=O) groups is 1. The van der Waals surface area contributed by atoms with Gasteiger partial charge in [0.15, 0.2) is 11.6 Å². The lowest BCUT2D eigenvalue weighted by atomic mass is 10.1. The maximum absolute atomic E-state index is 13.2. The Hall–Kier alpha value is -2.09. The second-order valence-corrected chi connectivity index (χ2v) is 3.73. The van der Waals surface area contributed by atoms with Crippen molar-refractivity contribution in [3.63, 3.8) is 0 Å². The van der Waals surface area contributed by atoms with Crippen LogP contribution in [-0.4, -0.2) is 31.0 Å². The van der Waals surface area contributed by atoms with Gasteiger partial charge in [-0.1, -0.05) is 6.92 Å². The van der Waals surface area contributed by atoms with E-state index in [0.717, 1.165) is 6.42 Å². The van der Waals surface area contributed by atoms with Crippen LogP contribution in [0, 0.1) is 17.1 Å². The maximum Gasteiger partial charge on any atom is 0.254 e. The lowest BCUT2D eigenvalue weighted by molar-refractivity contribution is 0.0775. The molecular weight excluding hydrogens is 235 g/mol. The normalized spacial score (nSPS) is 9.67. The minimum Gasteiger partial charge on any atom is -0.494 e. The van der Waals surface area contributed by atoms with Crippen LogP contribution in [0.4, 0.5) is 4.39 Å². The van der Waals surface area contributed by atoms with Gasteiger partial charge in [-0.3, -0.25) is 4.79 Å². The highest BCUT2D eigenvalue weighted by Crippen LogP contribution is 2.19. The van der Waals surface area contributed by atoms with Crippen molar-refractivity contribution < 1.29 is 13.9 Å². The first-order chi connectivity index (χ1) is 8.63. The van der Waals surface area contributed by atoms with E-state index >= 15 is 0 Å². The van der Waals surface area contributed by atoms with E-state index in [1.165, 1.54) is 30.2 Å². The second kappa shape index (κ2) is 6.60. The summed E-state index contributed by atoms with van der Waals surface area (Å²) < 4.78 is 18.1. The lowest BCUT2D eigenvalue weighted by Crippen LogP contribution is -2.32. The third-order valence-electron chi connectivity index (χ3n) is 2.44. The summed E-state index contributed by atoms with van der Waals surface area (Å²) in [5.74, 6) is -0.790. The predicted molar refractivity (Wildman–Crippen MR) is 64.8 cm³/mol. The molecule has 18 heavy (non-hydrogen) atoms. The molecule has 5 heteroatoms. The van der Waals surface area contributed by atoms with Gasteiger partial charge in [0.1, 0.15) is 6.54 Å². The average Bonchev–Trinajstić information content (AvgIpc) is 2.38. The van der Waals surface area contributed by atoms with Crippen molar-refractivity contribution in [3.05, 3.63) is 29.6 Å². The van der Waals surface area contributed by atoms with Gasteiger partial charge in [0.05, 0.1) is 13.2 Å². The molecule has 0 saturated carbocycles. The summed E-state index contributed by atoms with van der Waals surface area (Å²) in [6, 6.07) is 5.86. The fourth-order valence-corrected chi connectivity index (χ4v) is 1.58. The summed E-state index contributed by atoms with van der Waals surface area (Å²) >= 11 is 0. The molecule has 0 atom stereocenters. The molecule has 0 radical (unpaired) electrons. The Morgan fingerprint density at radius 3 is 2.83 bits per heavy atom. The first-order valence-electron chi connectivity index (χ1n) is 5.63. The Bertz CT molecular complexity index is 469. The number of hydrogen-bond donors (Lipinski definition) is 0. The molecular formula is C13H15FN2O2. The predicted octanol–water partition coefficient (Wildman–Crippen LogP) is 2.21. The van der Waals surface area contributed by atoms with Gasteiger partial charge in [-0.25, -0.2) is 4.39 Å². The van der Waals surface area contributed by atoms with E-state index in [2.05, 4.69) is 0 Å². The highest BCUT2D eigenvalue weighted by Gasteiger charge is 2.16. The van der Waals surface area contributed by atoms with Gasteiger partial charge in [-0.05, 0) is 24.6 Å². The van der Waals surface area contributed by atoms with Gasteiger partial charge >= 0.3 is 0 Å². The quantitative estimate of drug-likeness (QED) is 0.753. The van der Waals surface area contributed by atoms with Gasteiger partial charge in [0.25, 0.3) is 5.91 Å². The SMILES string of the molecule is CCCN(CC#N)C(=O)c1ccc(F)c(OC)c1. The van der Waals surface area contributed by atoms with Crippen LogP contribution in [-0.2, 0) is 0 Å². The number of nitrogens with zero attached hydrogens (tertiary/aromatic N) is 2. The standard InChI is InChI=1S/C13H15FN2O2/c1-3-7-16(8-6-15)13(17)10-4-5-11(14)12(9-10)18-2/h4-5,9H,3,7-8H2,1-2H3. The molecule has 0 heterocycles. The molecule has 0 saturated heterocycles. The highest BCUT2D eigenvalue weighted by molar-refractivity contribution is 5.94. The molecule has 0 aromatic heterocycles. The van der Waals surface area contributed by atoms with Gasteiger partial charge < -0.3 is 9.64 Å². The average molecular weight is 250 g/mol. The van der Waals surface area contributed by atoms with Crippen molar-refractivity contribution in [1.29, 1.82) is 5.26 Å². The zero-order chi connectivity index (χ0) is 13.5. The van der Waals surface area contributed by atoms with Gasteiger partial charge in [-0.15, -0.1) is 0 Å². The summed E-state index contributed by atoms with van der Waals surface area (Å²) in [5, 5.41) is 8.68. The van der Waals surface area contributed by atoms with Gasteiger partial charge in [-0.2, -0.15) is 5.26 Å². The van der Waals surface area contributed by atoms with E-state index < -0.39 is 5.82 Å². The smallest absolute Gasteiger partial charge is 0.254 e. The van der Waals surface area contributed by atoms with Gasteiger partial charge in [0.2, 0.25) is 0 Å². The summed E-state index contributed by atoms with van der Waals surface area (Å²) in [7, 11) is 1.34. The topological polar surface area (TPSA) is 53.3 Å². The van der Waals surface area contributed by atoms with Crippen LogP contribution < -0.4 is 4.74 Å². The number of ether oxygens (including phenoxy) is 1. The monoisotopic (exact) mass is 250 g/mol. The van der Waals surface area contributed by atoms with E-state index in [1.54, 1.807) is 0 Å². The van der Waals surface area contributed by atoms with Crippen molar-refractivity contribution in [2.45, 2.75) is 13.3 Å². The molecule has 0 fully saturated rings. The third-order valence-corrected chi connectivity index (χ3v) is 2.44. The minimum absolute atomic E-state index is 0.0202. The van der Waals surface area contributed by atoms with Crippen molar-refractivity contribution in [2.24, 2.45) is 0 Å². The van der Waals surface area contributed by atoms with Crippen LogP contribution >= 0.6 is 0 Å². The van der Waals surface area contributed by atoms with E-state index in [0.29, 0.717) is 12.1 Å². The summed E-state index contributed by atoms with van der Waals surface area (Å²) in [6.45, 7) is 2.43. The first-order valence-corrected chi connectivity index (χ1v) is 5.63. The zero-order valence-electron chi connectivity index (χ0n) is 10.4. The fraction of sp³-hybridized carbons (Fsp3) is 0.385. The van der Waals surface area contributed by atoms with Crippen LogP contribution in [0.2, 0.25) is 0 Å². The van der Waals surface area contributed by atoms with E-state index in [1.807, 2.05) is 13.0 Å². The number of hydrogen-bond acceptors (Lipinski definition) is 3. The molecule has 0 aliphatic rings. The molecule has 4 nitrogen and oxygen atoms in total. The summed E-state index contributed by atoms with van der Waals surface area (Å²) in [4.78, 5) is 13.5. The van der Waals surface area contributed by atoms with Crippen molar-refractivity contribution in [2.75, 3.05) is 20.2 Å². The van der Waals surface area contributed by atoms with E-state index in [-0.39, 0.29) is 18.2 Å². The molecule has 0 N–H and O–H groups in total. The summed E-state index contributed by atoms with van der Waals surface area (Å²) in [6.07, 6.45) is 0.756. The van der Waals surface area contributed by atoms with Crippen molar-refractivity contribution in [1.82, 2.24) is 4.90 Å².